The zero-order valence-corrected chi connectivity index (χ0v) is 14.7. The molecule has 1 aromatic heterocycles. The Bertz CT molecular complexity index is 948. The molecule has 27 heavy (non-hydrogen) atoms. The number of benzene rings is 1. The number of hydrogen-bond acceptors (Lipinski definition) is 7. The second-order valence-corrected chi connectivity index (χ2v) is 6.04. The molecule has 0 aliphatic carbocycles. The van der Waals surface area contributed by atoms with Crippen molar-refractivity contribution < 1.29 is 9.47 Å². The highest BCUT2D eigenvalue weighted by Crippen LogP contribution is 2.29. The molecule has 1 saturated heterocycles. The van der Waals surface area contributed by atoms with Gasteiger partial charge in [0.2, 0.25) is 0 Å². The van der Waals surface area contributed by atoms with Crippen molar-refractivity contribution in [2.45, 2.75) is 0 Å². The number of aromatic nitrogens is 1. The Kier molecular flexibility index (Phi) is 5.72. The fourth-order valence-corrected chi connectivity index (χ4v) is 2.97. The molecule has 0 amide bonds. The number of pyridine rings is 1. The number of nitrogens with one attached hydrogen (secondary N) is 1. The zero-order valence-electron chi connectivity index (χ0n) is 14.7. The average molecular weight is 365 g/mol. The van der Waals surface area contributed by atoms with E-state index in [0.29, 0.717) is 17.9 Å². The number of anilines is 1. The van der Waals surface area contributed by atoms with E-state index < -0.39 is 5.56 Å². The van der Waals surface area contributed by atoms with Gasteiger partial charge in [-0.3, -0.25) is 9.69 Å². The second kappa shape index (κ2) is 8.37. The van der Waals surface area contributed by atoms with Crippen molar-refractivity contribution >= 4 is 5.82 Å². The number of morpholine rings is 1. The van der Waals surface area contributed by atoms with Crippen molar-refractivity contribution in [2.75, 3.05) is 45.2 Å². The first kappa shape index (κ1) is 18.5. The number of nitrogens with zero attached hydrogens (tertiary/aromatic N) is 3. The second-order valence-electron chi connectivity index (χ2n) is 6.04. The van der Waals surface area contributed by atoms with E-state index in [9.17, 15) is 15.3 Å². The molecule has 1 fully saturated rings. The number of ether oxygens (including phenoxy) is 2. The predicted octanol–water partition coefficient (Wildman–Crippen LogP) is 1.08. The van der Waals surface area contributed by atoms with E-state index in [2.05, 4.69) is 9.88 Å². The zero-order chi connectivity index (χ0) is 19.2. The minimum atomic E-state index is -0.616. The Morgan fingerprint density at radius 3 is 2.44 bits per heavy atom. The van der Waals surface area contributed by atoms with Gasteiger partial charge in [-0.05, 0) is 17.7 Å². The Hall–Kier alpha value is -3.33. The van der Waals surface area contributed by atoms with Crippen LogP contribution in [0.15, 0.2) is 29.1 Å². The molecule has 1 aliphatic rings. The summed E-state index contributed by atoms with van der Waals surface area (Å²) in [6.45, 7) is 4.66. The molecule has 138 valence electrons. The molecule has 1 aliphatic heterocycles. The maximum Gasteiger partial charge on any atom is 0.268 e. The number of nitriles is 2. The SMILES string of the molecule is N#Cc1c(N)[nH]c(=O)c(C#N)c1-c1ccc(OCCN2CCOCC2)cc1. The summed E-state index contributed by atoms with van der Waals surface area (Å²) < 4.78 is 11.1. The molecule has 0 atom stereocenters. The van der Waals surface area contributed by atoms with Gasteiger partial charge in [-0.1, -0.05) is 12.1 Å². The lowest BCUT2D eigenvalue weighted by molar-refractivity contribution is 0.0322. The van der Waals surface area contributed by atoms with Crippen LogP contribution in [0.3, 0.4) is 0 Å². The summed E-state index contributed by atoms with van der Waals surface area (Å²) in [6.07, 6.45) is 0. The van der Waals surface area contributed by atoms with Gasteiger partial charge in [0, 0.05) is 25.2 Å². The van der Waals surface area contributed by atoms with Crippen LogP contribution in [0.5, 0.6) is 5.75 Å². The quantitative estimate of drug-likeness (QED) is 0.811. The van der Waals surface area contributed by atoms with Gasteiger partial charge in [-0.2, -0.15) is 10.5 Å². The third-order valence-electron chi connectivity index (χ3n) is 4.39. The molecule has 2 aromatic rings. The van der Waals surface area contributed by atoms with Crippen LogP contribution in [-0.4, -0.2) is 49.3 Å². The van der Waals surface area contributed by atoms with Crippen LogP contribution < -0.4 is 16.0 Å². The van der Waals surface area contributed by atoms with E-state index >= 15 is 0 Å². The summed E-state index contributed by atoms with van der Waals surface area (Å²) in [4.78, 5) is 16.6. The van der Waals surface area contributed by atoms with Crippen LogP contribution in [0.1, 0.15) is 11.1 Å². The molecule has 0 bridgehead atoms. The predicted molar refractivity (Wildman–Crippen MR) is 99.1 cm³/mol. The summed E-state index contributed by atoms with van der Waals surface area (Å²) >= 11 is 0. The van der Waals surface area contributed by atoms with E-state index in [1.165, 1.54) is 0 Å². The van der Waals surface area contributed by atoms with Crippen LogP contribution in [0.4, 0.5) is 5.82 Å². The summed E-state index contributed by atoms with van der Waals surface area (Å²) in [7, 11) is 0. The van der Waals surface area contributed by atoms with Gasteiger partial charge in [0.1, 0.15) is 41.4 Å². The molecule has 1 aromatic carbocycles. The van der Waals surface area contributed by atoms with Gasteiger partial charge in [0.15, 0.2) is 0 Å². The van der Waals surface area contributed by atoms with E-state index in [1.807, 2.05) is 12.1 Å². The van der Waals surface area contributed by atoms with Crippen molar-refractivity contribution in [2.24, 2.45) is 0 Å². The van der Waals surface area contributed by atoms with E-state index in [-0.39, 0.29) is 22.5 Å². The highest BCUT2D eigenvalue weighted by molar-refractivity contribution is 5.80. The molecule has 3 N–H and O–H groups in total. The molecule has 2 heterocycles. The van der Waals surface area contributed by atoms with Gasteiger partial charge >= 0.3 is 0 Å². The Morgan fingerprint density at radius 1 is 1.15 bits per heavy atom. The maximum absolute atomic E-state index is 12.0. The Morgan fingerprint density at radius 2 is 1.81 bits per heavy atom. The molecule has 3 rings (SSSR count). The molecule has 0 radical (unpaired) electrons. The Balaban J connectivity index is 1.77. The smallest absolute Gasteiger partial charge is 0.268 e. The van der Waals surface area contributed by atoms with Gasteiger partial charge in [-0.25, -0.2) is 0 Å². The van der Waals surface area contributed by atoms with Crippen LogP contribution in [0.2, 0.25) is 0 Å². The van der Waals surface area contributed by atoms with Gasteiger partial charge in [0.05, 0.1) is 13.2 Å². The van der Waals surface area contributed by atoms with Crippen LogP contribution in [-0.2, 0) is 4.74 Å². The minimum absolute atomic E-state index is 0.0534. The highest BCUT2D eigenvalue weighted by atomic mass is 16.5. The lowest BCUT2D eigenvalue weighted by atomic mass is 9.97. The van der Waals surface area contributed by atoms with Crippen LogP contribution in [0, 0.1) is 22.7 Å². The number of H-pyrrole nitrogens is 1. The largest absolute Gasteiger partial charge is 0.492 e. The van der Waals surface area contributed by atoms with Crippen molar-refractivity contribution in [3.63, 3.8) is 0 Å². The number of aromatic amines is 1. The van der Waals surface area contributed by atoms with Gasteiger partial charge < -0.3 is 20.2 Å². The maximum atomic E-state index is 12.0. The minimum Gasteiger partial charge on any atom is -0.492 e. The normalized spacial score (nSPS) is 14.3. The molecule has 0 spiro atoms. The summed E-state index contributed by atoms with van der Waals surface area (Å²) in [5.74, 6) is 0.615. The Labute approximate surface area is 156 Å². The third-order valence-corrected chi connectivity index (χ3v) is 4.39. The van der Waals surface area contributed by atoms with Crippen molar-refractivity contribution in [3.8, 4) is 29.0 Å². The number of hydrogen-bond donors (Lipinski definition) is 2. The van der Waals surface area contributed by atoms with E-state index in [1.54, 1.807) is 24.3 Å². The fourth-order valence-electron chi connectivity index (χ4n) is 2.97. The molecule has 8 nitrogen and oxygen atoms in total. The topological polar surface area (TPSA) is 128 Å². The van der Waals surface area contributed by atoms with E-state index in [4.69, 9.17) is 15.2 Å². The fraction of sp³-hybridized carbons (Fsp3) is 0.316. The van der Waals surface area contributed by atoms with Crippen molar-refractivity contribution in [1.82, 2.24) is 9.88 Å². The number of nitrogen functional groups attached to an aromatic ring is 1. The molecule has 8 heteroatoms. The monoisotopic (exact) mass is 365 g/mol. The number of nitrogens with two attached hydrogens (primary N) is 1. The van der Waals surface area contributed by atoms with Crippen molar-refractivity contribution in [1.29, 1.82) is 10.5 Å². The summed E-state index contributed by atoms with van der Waals surface area (Å²) in [5, 5.41) is 18.7. The standard InChI is InChI=1S/C19H19N5O3/c20-11-15-17(16(12-21)19(25)23-18(15)22)13-1-3-14(4-2-13)27-10-7-24-5-8-26-9-6-24/h1-4H,5-10H2,(H3,22,23,25). The van der Waals surface area contributed by atoms with Gasteiger partial charge in [0.25, 0.3) is 5.56 Å². The lowest BCUT2D eigenvalue weighted by Crippen LogP contribution is -2.38. The first-order chi connectivity index (χ1) is 13.1. The van der Waals surface area contributed by atoms with Gasteiger partial charge in [-0.15, -0.1) is 0 Å². The number of rotatable bonds is 5. The highest BCUT2D eigenvalue weighted by Gasteiger charge is 2.18. The first-order valence-electron chi connectivity index (χ1n) is 8.53. The van der Waals surface area contributed by atoms with Crippen molar-refractivity contribution in [3.05, 3.63) is 45.7 Å². The average Bonchev–Trinajstić information content (AvgIpc) is 2.69. The summed E-state index contributed by atoms with van der Waals surface area (Å²) in [5.41, 5.74) is 5.85. The van der Waals surface area contributed by atoms with E-state index in [0.717, 1.165) is 32.8 Å². The third kappa shape index (κ3) is 4.09. The molecule has 0 unspecified atom stereocenters. The van der Waals surface area contributed by atoms with Crippen LogP contribution in [0.25, 0.3) is 11.1 Å². The molecular formula is C19H19N5O3. The summed E-state index contributed by atoms with van der Waals surface area (Å²) in [6, 6.07) is 10.7. The lowest BCUT2D eigenvalue weighted by Gasteiger charge is -2.26. The van der Waals surface area contributed by atoms with Crippen LogP contribution >= 0.6 is 0 Å². The molecule has 0 saturated carbocycles. The molecular weight excluding hydrogens is 346 g/mol. The first-order valence-corrected chi connectivity index (χ1v) is 8.53.